The molecule has 7 nitrogen and oxygen atoms in total. The number of benzene rings is 2. The normalized spacial score (nSPS) is 12.1. The van der Waals surface area contributed by atoms with Crippen molar-refractivity contribution in [3.05, 3.63) is 66.2 Å². The van der Waals surface area contributed by atoms with E-state index >= 15 is 0 Å². The zero-order valence-corrected chi connectivity index (χ0v) is 20.6. The molecule has 2 aromatic carbocycles. The summed E-state index contributed by atoms with van der Waals surface area (Å²) < 4.78 is 25.9. The molecule has 2 rings (SSSR count). The summed E-state index contributed by atoms with van der Waals surface area (Å²) in [5.41, 5.74) is 1.66. The number of nitrogens with zero attached hydrogens (tertiary/aromatic N) is 2. The van der Waals surface area contributed by atoms with E-state index in [1.165, 1.54) is 4.31 Å². The summed E-state index contributed by atoms with van der Waals surface area (Å²) in [5.74, 6) is -0.341. The number of hydrogen-bond acceptors (Lipinski definition) is 4. The molecule has 0 saturated carbocycles. The Kier molecular flexibility index (Phi) is 10.4. The van der Waals surface area contributed by atoms with Crippen molar-refractivity contribution in [3.8, 4) is 0 Å². The molecule has 0 aliphatic heterocycles. The van der Waals surface area contributed by atoms with Crippen LogP contribution in [0.1, 0.15) is 38.7 Å². The number of carbonyl (C=O) groups is 2. The van der Waals surface area contributed by atoms with Gasteiger partial charge >= 0.3 is 0 Å². The molecule has 0 heterocycles. The maximum atomic E-state index is 13.1. The molecule has 0 bridgehead atoms. The van der Waals surface area contributed by atoms with Crippen LogP contribution in [0, 0.1) is 0 Å². The van der Waals surface area contributed by atoms with E-state index < -0.39 is 16.1 Å². The largest absolute Gasteiger partial charge is 0.354 e. The summed E-state index contributed by atoms with van der Waals surface area (Å²) in [7, 11) is -3.48. The number of amides is 2. The number of anilines is 1. The first-order valence-electron chi connectivity index (χ1n) is 11.4. The van der Waals surface area contributed by atoms with Crippen molar-refractivity contribution in [2.75, 3.05) is 30.2 Å². The molecule has 0 spiro atoms. The first-order chi connectivity index (χ1) is 15.7. The molecule has 2 amide bonds. The van der Waals surface area contributed by atoms with Gasteiger partial charge in [-0.05, 0) is 43.9 Å². The predicted octanol–water partition coefficient (Wildman–Crippen LogP) is 3.22. The Morgan fingerprint density at radius 1 is 0.970 bits per heavy atom. The van der Waals surface area contributed by atoms with Crippen LogP contribution in [0.25, 0.3) is 0 Å². The summed E-state index contributed by atoms with van der Waals surface area (Å²) in [4.78, 5) is 27.3. The maximum Gasteiger partial charge on any atom is 0.242 e. The fourth-order valence-corrected chi connectivity index (χ4v) is 4.53. The SMILES string of the molecule is CCCNC(=O)[C@@H](C)N(CCc1ccccc1)C(=O)CCCN(c1ccccc1)S(C)(=O)=O. The minimum Gasteiger partial charge on any atom is -0.354 e. The fourth-order valence-electron chi connectivity index (χ4n) is 3.56. The minimum atomic E-state index is -3.48. The van der Waals surface area contributed by atoms with Gasteiger partial charge in [0.1, 0.15) is 6.04 Å². The Hall–Kier alpha value is -2.87. The van der Waals surface area contributed by atoms with Gasteiger partial charge in [0, 0.05) is 26.1 Å². The molecule has 2 aromatic rings. The predicted molar refractivity (Wildman–Crippen MR) is 132 cm³/mol. The van der Waals surface area contributed by atoms with Crippen LogP contribution >= 0.6 is 0 Å². The van der Waals surface area contributed by atoms with Gasteiger partial charge in [0.05, 0.1) is 11.9 Å². The lowest BCUT2D eigenvalue weighted by atomic mass is 10.1. The molecule has 33 heavy (non-hydrogen) atoms. The average Bonchev–Trinajstić information content (AvgIpc) is 2.80. The Bertz CT molecular complexity index is 981. The van der Waals surface area contributed by atoms with Crippen molar-refractivity contribution in [2.24, 2.45) is 0 Å². The van der Waals surface area contributed by atoms with Crippen LogP contribution in [0.3, 0.4) is 0 Å². The van der Waals surface area contributed by atoms with Crippen molar-refractivity contribution < 1.29 is 18.0 Å². The van der Waals surface area contributed by atoms with Gasteiger partial charge in [-0.1, -0.05) is 55.5 Å². The Balaban J connectivity index is 2.06. The maximum absolute atomic E-state index is 13.1. The smallest absolute Gasteiger partial charge is 0.242 e. The molecule has 0 aliphatic carbocycles. The van der Waals surface area contributed by atoms with E-state index in [9.17, 15) is 18.0 Å². The van der Waals surface area contributed by atoms with Crippen LogP contribution in [0.2, 0.25) is 0 Å². The molecule has 0 saturated heterocycles. The van der Waals surface area contributed by atoms with Gasteiger partial charge in [0.2, 0.25) is 21.8 Å². The van der Waals surface area contributed by atoms with Crippen molar-refractivity contribution in [2.45, 2.75) is 45.6 Å². The third kappa shape index (κ3) is 8.53. The molecule has 0 aromatic heterocycles. The Morgan fingerprint density at radius 2 is 1.58 bits per heavy atom. The summed E-state index contributed by atoms with van der Waals surface area (Å²) in [5, 5.41) is 2.86. The second-order valence-electron chi connectivity index (χ2n) is 8.06. The van der Waals surface area contributed by atoms with Gasteiger partial charge in [0.15, 0.2) is 0 Å². The van der Waals surface area contributed by atoms with Gasteiger partial charge in [-0.25, -0.2) is 8.42 Å². The summed E-state index contributed by atoms with van der Waals surface area (Å²) in [6.07, 6.45) is 3.12. The molecule has 180 valence electrons. The van der Waals surface area contributed by atoms with E-state index in [2.05, 4.69) is 5.32 Å². The molecular formula is C25H35N3O4S. The van der Waals surface area contributed by atoms with Crippen LogP contribution in [0.5, 0.6) is 0 Å². The van der Waals surface area contributed by atoms with E-state index in [1.54, 1.807) is 36.1 Å². The Labute approximate surface area is 197 Å². The highest BCUT2D eigenvalue weighted by Gasteiger charge is 2.26. The van der Waals surface area contributed by atoms with Crippen LogP contribution in [-0.4, -0.2) is 57.1 Å². The van der Waals surface area contributed by atoms with Crippen molar-refractivity contribution in [1.29, 1.82) is 0 Å². The second-order valence-corrected chi connectivity index (χ2v) is 9.97. The van der Waals surface area contributed by atoms with Crippen molar-refractivity contribution in [3.63, 3.8) is 0 Å². The standard InChI is InChI=1S/C25H35N3O4S/c1-4-18-26-25(30)21(2)27(20-17-22-12-7-5-8-13-22)24(29)16-11-19-28(33(3,31)32)23-14-9-6-10-15-23/h5-10,12-15,21H,4,11,16-20H2,1-3H3,(H,26,30)/t21-/m1/s1. The minimum absolute atomic E-state index is 0.152. The lowest BCUT2D eigenvalue weighted by Gasteiger charge is -2.29. The van der Waals surface area contributed by atoms with E-state index in [0.717, 1.165) is 18.2 Å². The highest BCUT2D eigenvalue weighted by atomic mass is 32.2. The highest BCUT2D eigenvalue weighted by Crippen LogP contribution is 2.18. The molecule has 8 heteroatoms. The zero-order valence-electron chi connectivity index (χ0n) is 19.7. The van der Waals surface area contributed by atoms with Crippen LogP contribution in [-0.2, 0) is 26.0 Å². The molecule has 0 aliphatic rings. The number of carbonyl (C=O) groups excluding carboxylic acids is 2. The molecule has 1 N–H and O–H groups in total. The summed E-state index contributed by atoms with van der Waals surface area (Å²) in [6, 6.07) is 18.1. The van der Waals surface area contributed by atoms with Crippen LogP contribution in [0.15, 0.2) is 60.7 Å². The lowest BCUT2D eigenvalue weighted by Crippen LogP contribution is -2.49. The molecule has 0 unspecified atom stereocenters. The third-order valence-corrected chi connectivity index (χ3v) is 6.59. The first-order valence-corrected chi connectivity index (χ1v) is 13.2. The van der Waals surface area contributed by atoms with Gasteiger partial charge in [-0.3, -0.25) is 13.9 Å². The molecule has 0 radical (unpaired) electrons. The monoisotopic (exact) mass is 473 g/mol. The van der Waals surface area contributed by atoms with Gasteiger partial charge in [0.25, 0.3) is 0 Å². The molecular weight excluding hydrogens is 438 g/mol. The van der Waals surface area contributed by atoms with Crippen LogP contribution < -0.4 is 9.62 Å². The average molecular weight is 474 g/mol. The van der Waals surface area contributed by atoms with Gasteiger partial charge in [-0.2, -0.15) is 0 Å². The lowest BCUT2D eigenvalue weighted by molar-refractivity contribution is -0.139. The quantitative estimate of drug-likeness (QED) is 0.484. The second kappa shape index (κ2) is 13.0. The molecule has 1 atom stereocenters. The summed E-state index contributed by atoms with van der Waals surface area (Å²) >= 11 is 0. The van der Waals surface area contributed by atoms with Crippen molar-refractivity contribution >= 4 is 27.5 Å². The van der Waals surface area contributed by atoms with E-state index in [4.69, 9.17) is 0 Å². The van der Waals surface area contributed by atoms with Crippen LogP contribution in [0.4, 0.5) is 5.69 Å². The van der Waals surface area contributed by atoms with Crippen molar-refractivity contribution in [1.82, 2.24) is 10.2 Å². The number of nitrogens with one attached hydrogen (secondary N) is 1. The highest BCUT2D eigenvalue weighted by molar-refractivity contribution is 7.92. The number of rotatable bonds is 13. The number of para-hydroxylation sites is 1. The summed E-state index contributed by atoms with van der Waals surface area (Å²) in [6.45, 7) is 4.88. The number of hydrogen-bond donors (Lipinski definition) is 1. The topological polar surface area (TPSA) is 86.8 Å². The van der Waals surface area contributed by atoms with E-state index in [0.29, 0.717) is 31.6 Å². The van der Waals surface area contributed by atoms with Gasteiger partial charge in [-0.15, -0.1) is 0 Å². The van der Waals surface area contributed by atoms with E-state index in [-0.39, 0.29) is 24.8 Å². The third-order valence-electron chi connectivity index (χ3n) is 5.40. The zero-order chi connectivity index (χ0) is 24.3. The first kappa shape index (κ1) is 26.4. The van der Waals surface area contributed by atoms with Gasteiger partial charge < -0.3 is 10.2 Å². The molecule has 0 fully saturated rings. The number of sulfonamides is 1. The van der Waals surface area contributed by atoms with E-state index in [1.807, 2.05) is 43.3 Å². The fraction of sp³-hybridized carbons (Fsp3) is 0.440. The Morgan fingerprint density at radius 3 is 2.15 bits per heavy atom.